The molecule has 0 atom stereocenters. The third kappa shape index (κ3) is 3.87. The number of nitrogens with zero attached hydrogens (tertiary/aromatic N) is 2. The van der Waals surface area contributed by atoms with Gasteiger partial charge in [-0.25, -0.2) is 18.1 Å². The van der Waals surface area contributed by atoms with Crippen molar-refractivity contribution in [3.05, 3.63) is 59.9 Å². The number of fused-ring (bicyclic) bond motifs is 1. The topological polar surface area (TPSA) is 63.5 Å². The fraction of sp³-hybridized carbons (Fsp3) is 0.133. The number of rotatable bonds is 6. The number of hydrogen-bond donors (Lipinski definition) is 1. The summed E-state index contributed by atoms with van der Waals surface area (Å²) in [6, 6.07) is 11.9. The van der Waals surface area contributed by atoms with E-state index in [9.17, 15) is 8.42 Å². The molecule has 2 aromatic heterocycles. The van der Waals surface area contributed by atoms with Crippen LogP contribution in [0.1, 0.15) is 0 Å². The Morgan fingerprint density at radius 1 is 1.17 bits per heavy atom. The molecule has 0 aliphatic heterocycles. The summed E-state index contributed by atoms with van der Waals surface area (Å²) in [5.41, 5.74) is 0.872. The van der Waals surface area contributed by atoms with Crippen LogP contribution in [0.5, 0.6) is 0 Å². The zero-order valence-corrected chi connectivity index (χ0v) is 14.4. The molecule has 3 rings (SSSR count). The summed E-state index contributed by atoms with van der Waals surface area (Å²) in [4.78, 5) is 4.43. The van der Waals surface area contributed by atoms with Crippen molar-refractivity contribution < 1.29 is 8.42 Å². The molecule has 0 fully saturated rings. The standard InChI is InChI=1S/C15H14ClN3O2S2/c16-12-4-6-13(7-5-12)23(20,21)18-9-11-22-15-3-1-2-14-17-8-10-19(14)15/h1-8,10,18H,9,11H2. The number of benzene rings is 1. The lowest BCUT2D eigenvalue weighted by molar-refractivity contribution is 0.584. The Balaban J connectivity index is 1.59. The largest absolute Gasteiger partial charge is 0.294 e. The van der Waals surface area contributed by atoms with Gasteiger partial charge in [-0.15, -0.1) is 11.8 Å². The molecule has 1 aromatic carbocycles. The van der Waals surface area contributed by atoms with Crippen LogP contribution in [0.3, 0.4) is 0 Å². The van der Waals surface area contributed by atoms with Gasteiger partial charge in [-0.2, -0.15) is 0 Å². The number of sulfonamides is 1. The van der Waals surface area contributed by atoms with Gasteiger partial charge in [0.1, 0.15) is 5.65 Å². The molecule has 0 radical (unpaired) electrons. The Hall–Kier alpha value is -1.54. The van der Waals surface area contributed by atoms with Crippen LogP contribution in [-0.2, 0) is 10.0 Å². The molecule has 1 N–H and O–H groups in total. The summed E-state index contributed by atoms with van der Waals surface area (Å²) in [5, 5.41) is 1.53. The highest BCUT2D eigenvalue weighted by atomic mass is 35.5. The highest BCUT2D eigenvalue weighted by molar-refractivity contribution is 7.99. The van der Waals surface area contributed by atoms with Crippen molar-refractivity contribution in [2.24, 2.45) is 0 Å². The molecule has 23 heavy (non-hydrogen) atoms. The first kappa shape index (κ1) is 16.3. The molecule has 0 aliphatic rings. The van der Waals surface area contributed by atoms with Gasteiger partial charge in [-0.1, -0.05) is 17.7 Å². The minimum atomic E-state index is -3.50. The van der Waals surface area contributed by atoms with Gasteiger partial charge < -0.3 is 0 Å². The number of imidazole rings is 1. The third-order valence-corrected chi connectivity index (χ3v) is 5.92. The molecule has 0 saturated carbocycles. The lowest BCUT2D eigenvalue weighted by Gasteiger charge is -2.08. The maximum absolute atomic E-state index is 12.1. The van der Waals surface area contributed by atoms with Crippen LogP contribution in [0, 0.1) is 0 Å². The average molecular weight is 368 g/mol. The van der Waals surface area contributed by atoms with Gasteiger partial charge >= 0.3 is 0 Å². The van der Waals surface area contributed by atoms with Crippen molar-refractivity contribution in [3.8, 4) is 0 Å². The quantitative estimate of drug-likeness (QED) is 0.537. The van der Waals surface area contributed by atoms with Crippen LogP contribution in [0.2, 0.25) is 5.02 Å². The fourth-order valence-electron chi connectivity index (χ4n) is 2.07. The van der Waals surface area contributed by atoms with Crippen molar-refractivity contribution in [2.45, 2.75) is 9.92 Å². The van der Waals surface area contributed by atoms with Crippen LogP contribution < -0.4 is 4.72 Å². The number of halogens is 1. The molecule has 0 amide bonds. The molecule has 8 heteroatoms. The average Bonchev–Trinajstić information content (AvgIpc) is 3.01. The van der Waals surface area contributed by atoms with Gasteiger partial charge in [0.2, 0.25) is 10.0 Å². The molecular formula is C15H14ClN3O2S2. The highest BCUT2D eigenvalue weighted by Crippen LogP contribution is 2.19. The maximum Gasteiger partial charge on any atom is 0.240 e. The Morgan fingerprint density at radius 3 is 2.74 bits per heavy atom. The first-order chi connectivity index (χ1) is 11.1. The molecule has 5 nitrogen and oxygen atoms in total. The minimum absolute atomic E-state index is 0.212. The normalized spacial score (nSPS) is 11.9. The zero-order valence-electron chi connectivity index (χ0n) is 12.0. The number of aromatic nitrogens is 2. The van der Waals surface area contributed by atoms with E-state index in [1.165, 1.54) is 12.1 Å². The minimum Gasteiger partial charge on any atom is -0.294 e. The van der Waals surface area contributed by atoms with E-state index in [2.05, 4.69) is 9.71 Å². The summed E-state index contributed by atoms with van der Waals surface area (Å²) in [6.07, 6.45) is 3.62. The Bertz CT molecular complexity index is 908. The molecule has 0 aliphatic carbocycles. The highest BCUT2D eigenvalue weighted by Gasteiger charge is 2.13. The van der Waals surface area contributed by atoms with Crippen molar-refractivity contribution in [1.82, 2.24) is 14.1 Å². The van der Waals surface area contributed by atoms with Gasteiger partial charge in [0, 0.05) is 29.7 Å². The molecule has 0 saturated heterocycles. The molecule has 2 heterocycles. The smallest absolute Gasteiger partial charge is 0.240 e. The number of nitrogens with one attached hydrogen (secondary N) is 1. The molecule has 3 aromatic rings. The summed E-state index contributed by atoms with van der Waals surface area (Å²) < 4.78 is 28.9. The van der Waals surface area contributed by atoms with Crippen molar-refractivity contribution in [3.63, 3.8) is 0 Å². The first-order valence-electron chi connectivity index (χ1n) is 6.86. The van der Waals surface area contributed by atoms with Crippen molar-refractivity contribution >= 4 is 39.0 Å². The van der Waals surface area contributed by atoms with E-state index in [1.807, 2.05) is 28.8 Å². The Morgan fingerprint density at radius 2 is 1.96 bits per heavy atom. The number of pyridine rings is 1. The van der Waals surface area contributed by atoms with Crippen LogP contribution in [0.15, 0.2) is 64.8 Å². The van der Waals surface area contributed by atoms with Crippen molar-refractivity contribution in [2.75, 3.05) is 12.3 Å². The molecule has 120 valence electrons. The molecule has 0 spiro atoms. The number of thioether (sulfide) groups is 1. The van der Waals surface area contributed by atoms with E-state index >= 15 is 0 Å². The second kappa shape index (κ2) is 6.92. The molecular weight excluding hydrogens is 354 g/mol. The van der Waals surface area contributed by atoms with Gasteiger partial charge in [-0.3, -0.25) is 4.40 Å². The van der Waals surface area contributed by atoms with E-state index in [1.54, 1.807) is 30.1 Å². The summed E-state index contributed by atoms with van der Waals surface area (Å²) >= 11 is 7.34. The van der Waals surface area contributed by atoms with E-state index in [-0.39, 0.29) is 4.90 Å². The van der Waals surface area contributed by atoms with E-state index in [0.717, 1.165) is 10.7 Å². The van der Waals surface area contributed by atoms with Crippen molar-refractivity contribution in [1.29, 1.82) is 0 Å². The zero-order chi connectivity index (χ0) is 16.3. The second-order valence-corrected chi connectivity index (χ2v) is 8.04. The predicted octanol–water partition coefficient (Wildman–Crippen LogP) is 3.06. The maximum atomic E-state index is 12.1. The Labute approximate surface area is 143 Å². The molecule has 0 bridgehead atoms. The SMILES string of the molecule is O=S(=O)(NCCSc1cccc2nccn12)c1ccc(Cl)cc1. The van der Waals surface area contributed by atoms with E-state index < -0.39 is 10.0 Å². The number of hydrogen-bond acceptors (Lipinski definition) is 4. The summed E-state index contributed by atoms with van der Waals surface area (Å²) in [7, 11) is -3.50. The Kier molecular flexibility index (Phi) is 4.91. The monoisotopic (exact) mass is 367 g/mol. The van der Waals surface area contributed by atoms with Crippen LogP contribution in [0.25, 0.3) is 5.65 Å². The van der Waals surface area contributed by atoms with E-state index in [0.29, 0.717) is 17.3 Å². The predicted molar refractivity (Wildman–Crippen MR) is 92.6 cm³/mol. The van der Waals surface area contributed by atoms with Crippen LogP contribution in [0.4, 0.5) is 0 Å². The van der Waals surface area contributed by atoms with Gasteiger partial charge in [0.05, 0.1) is 9.92 Å². The van der Waals surface area contributed by atoms with Crippen LogP contribution in [-0.4, -0.2) is 30.1 Å². The first-order valence-corrected chi connectivity index (χ1v) is 9.71. The summed E-state index contributed by atoms with van der Waals surface area (Å²) in [5.74, 6) is 0.615. The third-order valence-electron chi connectivity index (χ3n) is 3.16. The van der Waals surface area contributed by atoms with Crippen LogP contribution >= 0.6 is 23.4 Å². The second-order valence-electron chi connectivity index (χ2n) is 4.72. The van der Waals surface area contributed by atoms with Gasteiger partial charge in [-0.05, 0) is 36.4 Å². The summed E-state index contributed by atoms with van der Waals surface area (Å²) in [6.45, 7) is 0.334. The lowest BCUT2D eigenvalue weighted by Crippen LogP contribution is -2.26. The molecule has 0 unspecified atom stereocenters. The van der Waals surface area contributed by atoms with E-state index in [4.69, 9.17) is 11.6 Å². The van der Waals surface area contributed by atoms with Gasteiger partial charge in [0.15, 0.2) is 0 Å². The lowest BCUT2D eigenvalue weighted by atomic mass is 10.4. The van der Waals surface area contributed by atoms with Gasteiger partial charge in [0.25, 0.3) is 0 Å². The fourth-order valence-corrected chi connectivity index (χ4v) is 4.24.